The molecule has 0 aromatic heterocycles. The van der Waals surface area contributed by atoms with E-state index >= 15 is 0 Å². The number of benzene rings is 2. The molecule has 2 atom stereocenters. The summed E-state index contributed by atoms with van der Waals surface area (Å²) in [5, 5.41) is 9.96. The summed E-state index contributed by atoms with van der Waals surface area (Å²) in [5.74, 6) is -0.299. The monoisotopic (exact) mass is 545 g/mol. The minimum absolute atomic E-state index is 0.0198. The highest BCUT2D eigenvalue weighted by Crippen LogP contribution is 2.36. The Hall–Kier alpha value is -2.20. The average Bonchev–Trinajstić information content (AvgIpc) is 3.33. The number of carbonyl (C=O) groups excluding carboxylic acids is 1. The van der Waals surface area contributed by atoms with E-state index in [0.717, 1.165) is 49.4 Å². The maximum absolute atomic E-state index is 14.5. The van der Waals surface area contributed by atoms with E-state index in [0.29, 0.717) is 32.1 Å². The van der Waals surface area contributed by atoms with Gasteiger partial charge in [-0.1, -0.05) is 6.07 Å². The van der Waals surface area contributed by atoms with Gasteiger partial charge in [-0.25, -0.2) is 8.78 Å². The van der Waals surface area contributed by atoms with Crippen molar-refractivity contribution in [3.05, 3.63) is 59.7 Å². The number of aliphatic hydroxyl groups excluding tert-OH is 1. The van der Waals surface area contributed by atoms with Gasteiger partial charge in [0.25, 0.3) is 0 Å². The number of nitrogens with zero attached hydrogens (tertiary/aromatic N) is 3. The van der Waals surface area contributed by atoms with Crippen LogP contribution in [-0.4, -0.2) is 89.0 Å². The van der Waals surface area contributed by atoms with Crippen LogP contribution in [0.1, 0.15) is 37.7 Å². The molecule has 3 heterocycles. The van der Waals surface area contributed by atoms with Crippen molar-refractivity contribution in [2.24, 2.45) is 0 Å². The van der Waals surface area contributed by atoms with Crippen molar-refractivity contribution >= 4 is 17.7 Å². The largest absolute Gasteiger partial charge is 0.497 e. The Bertz CT molecular complexity index is 1070. The second-order valence-electron chi connectivity index (χ2n) is 10.6. The molecule has 3 fully saturated rings. The van der Waals surface area contributed by atoms with Crippen LogP contribution in [0.3, 0.4) is 0 Å². The number of aliphatic hydroxyl groups is 1. The molecular weight excluding hydrogens is 508 g/mol. The van der Waals surface area contributed by atoms with Gasteiger partial charge in [-0.2, -0.15) is 0 Å². The Kier molecular flexibility index (Phi) is 8.88. The molecule has 0 aliphatic carbocycles. The van der Waals surface area contributed by atoms with Crippen molar-refractivity contribution < 1.29 is 23.4 Å². The van der Waals surface area contributed by atoms with E-state index < -0.39 is 17.7 Å². The molecule has 0 spiro atoms. The molecule has 3 aliphatic rings. The summed E-state index contributed by atoms with van der Waals surface area (Å²) in [4.78, 5) is 21.2. The van der Waals surface area contributed by atoms with Crippen molar-refractivity contribution in [3.8, 4) is 5.75 Å². The van der Waals surface area contributed by atoms with E-state index in [1.165, 1.54) is 18.2 Å². The lowest BCUT2D eigenvalue weighted by Gasteiger charge is -2.42. The molecule has 0 unspecified atom stereocenters. The normalized spacial score (nSPS) is 24.2. The van der Waals surface area contributed by atoms with Gasteiger partial charge < -0.3 is 19.6 Å². The second kappa shape index (κ2) is 12.3. The molecule has 0 bridgehead atoms. The Morgan fingerprint density at radius 3 is 2.29 bits per heavy atom. The Balaban J connectivity index is 1.26. The fourth-order valence-electron chi connectivity index (χ4n) is 6.02. The van der Waals surface area contributed by atoms with Gasteiger partial charge in [0.1, 0.15) is 17.4 Å². The molecule has 3 saturated heterocycles. The van der Waals surface area contributed by atoms with Crippen LogP contribution in [0.25, 0.3) is 0 Å². The molecule has 6 nitrogen and oxygen atoms in total. The fraction of sp³-hybridized carbons (Fsp3) is 0.552. The van der Waals surface area contributed by atoms with Gasteiger partial charge in [-0.3, -0.25) is 9.69 Å². The molecule has 3 aliphatic heterocycles. The highest BCUT2D eigenvalue weighted by Gasteiger charge is 2.41. The lowest BCUT2D eigenvalue weighted by Crippen LogP contribution is -2.52. The van der Waals surface area contributed by atoms with Crippen LogP contribution >= 0.6 is 11.8 Å². The molecular formula is C29H37F2N3O3S. The lowest BCUT2D eigenvalue weighted by molar-refractivity contribution is -0.138. The summed E-state index contributed by atoms with van der Waals surface area (Å²) in [6, 6.07) is 11.8. The number of ether oxygens (including phenoxy) is 1. The van der Waals surface area contributed by atoms with Crippen LogP contribution in [0, 0.1) is 11.6 Å². The highest BCUT2D eigenvalue weighted by molar-refractivity contribution is 8.00. The van der Waals surface area contributed by atoms with Crippen molar-refractivity contribution in [1.82, 2.24) is 14.7 Å². The standard InChI is InChI=1S/C29H37F2N3O3S/c1-37-22-5-7-23(8-6-22)38-24-17-28(34(18-24)19-25-26(30)3-2-4-27(25)31)29(36)33-13-9-20(10-14-33)32-15-11-21(35)12-16-32/h2-8,20-21,24,28,35H,9-19H2,1H3/t24-,28-/m0/s1. The molecule has 0 saturated carbocycles. The summed E-state index contributed by atoms with van der Waals surface area (Å²) in [5.41, 5.74) is 0.0198. The fourth-order valence-corrected chi connectivity index (χ4v) is 7.25. The number of methoxy groups -OCH3 is 1. The topological polar surface area (TPSA) is 56.3 Å². The number of piperidine rings is 2. The van der Waals surface area contributed by atoms with Crippen LogP contribution in [0.2, 0.25) is 0 Å². The maximum Gasteiger partial charge on any atom is 0.239 e. The van der Waals surface area contributed by atoms with E-state index in [9.17, 15) is 18.7 Å². The third-order valence-electron chi connectivity index (χ3n) is 8.23. The van der Waals surface area contributed by atoms with Gasteiger partial charge in [0, 0.05) is 61.0 Å². The number of amides is 1. The van der Waals surface area contributed by atoms with Gasteiger partial charge in [0.05, 0.1) is 19.3 Å². The van der Waals surface area contributed by atoms with Gasteiger partial charge in [0.2, 0.25) is 5.91 Å². The lowest BCUT2D eigenvalue weighted by atomic mass is 9.98. The second-order valence-corrected chi connectivity index (χ2v) is 12.0. The summed E-state index contributed by atoms with van der Waals surface area (Å²) in [6.45, 7) is 3.85. The molecule has 1 amide bonds. The molecule has 38 heavy (non-hydrogen) atoms. The minimum atomic E-state index is -0.574. The van der Waals surface area contributed by atoms with Gasteiger partial charge in [-0.15, -0.1) is 11.8 Å². The van der Waals surface area contributed by atoms with Crippen molar-refractivity contribution in [2.75, 3.05) is 39.8 Å². The van der Waals surface area contributed by atoms with Crippen molar-refractivity contribution in [3.63, 3.8) is 0 Å². The SMILES string of the molecule is COc1ccc(S[C@H]2C[C@@H](C(=O)N3CCC(N4CCC(O)CC4)CC3)N(Cc3c(F)cccc3F)C2)cc1. The van der Waals surface area contributed by atoms with Crippen molar-refractivity contribution in [2.45, 2.75) is 67.0 Å². The van der Waals surface area contributed by atoms with E-state index in [2.05, 4.69) is 4.90 Å². The number of halogens is 2. The molecule has 1 N–H and O–H groups in total. The molecule has 2 aromatic carbocycles. The third kappa shape index (κ3) is 6.33. The predicted molar refractivity (Wildman–Crippen MR) is 144 cm³/mol. The zero-order valence-electron chi connectivity index (χ0n) is 21.9. The minimum Gasteiger partial charge on any atom is -0.497 e. The van der Waals surface area contributed by atoms with E-state index in [4.69, 9.17) is 4.74 Å². The predicted octanol–water partition coefficient (Wildman–Crippen LogP) is 4.16. The van der Waals surface area contributed by atoms with Crippen LogP contribution in [-0.2, 0) is 11.3 Å². The Labute approximate surface area is 227 Å². The summed E-state index contributed by atoms with van der Waals surface area (Å²) >= 11 is 1.70. The first-order valence-corrected chi connectivity index (χ1v) is 14.5. The van der Waals surface area contributed by atoms with Gasteiger partial charge >= 0.3 is 0 Å². The molecule has 5 rings (SSSR count). The Morgan fingerprint density at radius 1 is 1.00 bits per heavy atom. The van der Waals surface area contributed by atoms with Crippen molar-refractivity contribution in [1.29, 1.82) is 0 Å². The van der Waals surface area contributed by atoms with Crippen LogP contribution in [0.5, 0.6) is 5.75 Å². The van der Waals surface area contributed by atoms with Crippen LogP contribution < -0.4 is 4.74 Å². The molecule has 0 radical (unpaired) electrons. The Morgan fingerprint density at radius 2 is 1.66 bits per heavy atom. The van der Waals surface area contributed by atoms with E-state index in [1.807, 2.05) is 34.1 Å². The van der Waals surface area contributed by atoms with Crippen LogP contribution in [0.4, 0.5) is 8.78 Å². The summed E-state index contributed by atoms with van der Waals surface area (Å²) in [7, 11) is 1.63. The maximum atomic E-state index is 14.5. The smallest absolute Gasteiger partial charge is 0.239 e. The average molecular weight is 546 g/mol. The number of rotatable bonds is 7. The molecule has 2 aromatic rings. The van der Waals surface area contributed by atoms with Crippen LogP contribution in [0.15, 0.2) is 47.4 Å². The first-order chi connectivity index (χ1) is 18.4. The first-order valence-electron chi connectivity index (χ1n) is 13.6. The molecule has 9 heteroatoms. The van der Waals surface area contributed by atoms with Gasteiger partial charge in [-0.05, 0) is 68.5 Å². The highest BCUT2D eigenvalue weighted by atomic mass is 32.2. The number of carbonyl (C=O) groups is 1. The zero-order valence-corrected chi connectivity index (χ0v) is 22.7. The quantitative estimate of drug-likeness (QED) is 0.564. The number of likely N-dealkylation sites (tertiary alicyclic amines) is 3. The summed E-state index contributed by atoms with van der Waals surface area (Å²) in [6.07, 6.45) is 3.91. The van der Waals surface area contributed by atoms with E-state index in [-0.39, 0.29) is 29.4 Å². The number of thioether (sulfide) groups is 1. The summed E-state index contributed by atoms with van der Waals surface area (Å²) < 4.78 is 34.4. The van der Waals surface area contributed by atoms with Gasteiger partial charge in [0.15, 0.2) is 0 Å². The molecule has 206 valence electrons. The third-order valence-corrected chi connectivity index (χ3v) is 9.45. The first kappa shape index (κ1) is 27.4. The number of hydrogen-bond acceptors (Lipinski definition) is 6. The number of hydrogen-bond donors (Lipinski definition) is 1. The van der Waals surface area contributed by atoms with E-state index in [1.54, 1.807) is 18.9 Å². The zero-order chi connectivity index (χ0) is 26.6.